The molecule has 23 heavy (non-hydrogen) atoms. The second-order valence-corrected chi connectivity index (χ2v) is 4.72. The van der Waals surface area contributed by atoms with Crippen molar-refractivity contribution in [1.29, 1.82) is 0 Å². The minimum absolute atomic E-state index is 0.225. The van der Waals surface area contributed by atoms with Crippen molar-refractivity contribution in [2.45, 2.75) is 19.4 Å². The average Bonchev–Trinajstić information content (AvgIpc) is 3.03. The molecule has 0 aromatic carbocycles. The second-order valence-electron chi connectivity index (χ2n) is 4.72. The molecule has 0 saturated carbocycles. The van der Waals surface area contributed by atoms with Crippen molar-refractivity contribution in [1.82, 2.24) is 25.8 Å². The molecule has 0 saturated heterocycles. The molecule has 122 valence electrons. The Kier molecular flexibility index (Phi) is 5.67. The molecule has 0 radical (unpaired) electrons. The van der Waals surface area contributed by atoms with Crippen LogP contribution in [-0.4, -0.2) is 46.7 Å². The highest BCUT2D eigenvalue weighted by molar-refractivity contribution is 5.96. The number of aromatic amines is 1. The lowest BCUT2D eigenvalue weighted by atomic mass is 10.1. The Morgan fingerprint density at radius 1 is 1.39 bits per heavy atom. The maximum Gasteiger partial charge on any atom is 0.270 e. The van der Waals surface area contributed by atoms with Crippen molar-refractivity contribution in [3.63, 3.8) is 0 Å². The van der Waals surface area contributed by atoms with E-state index in [9.17, 15) is 9.59 Å². The van der Waals surface area contributed by atoms with Gasteiger partial charge in [-0.1, -0.05) is 6.07 Å². The number of ether oxygens (including phenoxy) is 1. The molecule has 0 unspecified atom stereocenters. The van der Waals surface area contributed by atoms with Crippen LogP contribution in [0.2, 0.25) is 0 Å². The zero-order valence-corrected chi connectivity index (χ0v) is 13.0. The normalized spacial score (nSPS) is 11.6. The number of rotatable bonds is 7. The molecule has 3 N–H and O–H groups in total. The van der Waals surface area contributed by atoms with Gasteiger partial charge in [0.15, 0.2) is 0 Å². The maximum atomic E-state index is 12.2. The molecule has 2 aromatic rings. The Bertz CT molecular complexity index is 656. The number of nitrogens with one attached hydrogen (secondary N) is 3. The van der Waals surface area contributed by atoms with Crippen LogP contribution < -0.4 is 15.4 Å². The number of H-pyrrole nitrogens is 1. The van der Waals surface area contributed by atoms with E-state index in [0.29, 0.717) is 24.6 Å². The standard InChI is InChI=1S/C15H19N5O3/c1-3-23-13-9-12(19-20-13)15(22)18-11(14(21)16-2)8-10-6-4-5-7-17-10/h4-7,9,11H,3,8H2,1-2H3,(H,16,21)(H,18,22)(H,19,20)/t11-/m0/s1. The Balaban J connectivity index is 2.07. The van der Waals surface area contributed by atoms with E-state index in [-0.39, 0.29) is 11.6 Å². The summed E-state index contributed by atoms with van der Waals surface area (Å²) in [5.74, 6) is -0.402. The minimum atomic E-state index is -0.735. The fourth-order valence-corrected chi connectivity index (χ4v) is 1.99. The van der Waals surface area contributed by atoms with Crippen LogP contribution in [0.25, 0.3) is 0 Å². The molecule has 2 rings (SSSR count). The van der Waals surface area contributed by atoms with Crippen molar-refractivity contribution >= 4 is 11.8 Å². The first-order chi connectivity index (χ1) is 11.1. The first-order valence-corrected chi connectivity index (χ1v) is 7.24. The van der Waals surface area contributed by atoms with Gasteiger partial charge in [0.05, 0.1) is 6.61 Å². The van der Waals surface area contributed by atoms with Crippen molar-refractivity contribution in [3.8, 4) is 5.88 Å². The van der Waals surface area contributed by atoms with Crippen LogP contribution in [-0.2, 0) is 11.2 Å². The number of carbonyl (C=O) groups is 2. The Morgan fingerprint density at radius 3 is 2.87 bits per heavy atom. The number of carbonyl (C=O) groups excluding carboxylic acids is 2. The maximum absolute atomic E-state index is 12.2. The van der Waals surface area contributed by atoms with Gasteiger partial charge in [-0.25, -0.2) is 0 Å². The highest BCUT2D eigenvalue weighted by Gasteiger charge is 2.22. The van der Waals surface area contributed by atoms with E-state index in [1.54, 1.807) is 18.3 Å². The average molecular weight is 317 g/mol. The second kappa shape index (κ2) is 7.92. The summed E-state index contributed by atoms with van der Waals surface area (Å²) in [5, 5.41) is 11.7. The molecule has 0 aliphatic carbocycles. The van der Waals surface area contributed by atoms with Crippen molar-refractivity contribution < 1.29 is 14.3 Å². The van der Waals surface area contributed by atoms with E-state index in [2.05, 4.69) is 25.8 Å². The summed E-state index contributed by atoms with van der Waals surface area (Å²) >= 11 is 0. The van der Waals surface area contributed by atoms with Crippen LogP contribution >= 0.6 is 0 Å². The lowest BCUT2D eigenvalue weighted by Crippen LogP contribution is -2.47. The highest BCUT2D eigenvalue weighted by atomic mass is 16.5. The number of hydrogen-bond donors (Lipinski definition) is 3. The van der Waals surface area contributed by atoms with Gasteiger partial charge < -0.3 is 15.4 Å². The molecule has 0 aliphatic heterocycles. The van der Waals surface area contributed by atoms with E-state index in [1.165, 1.54) is 13.1 Å². The van der Waals surface area contributed by atoms with Crippen LogP contribution in [0.3, 0.4) is 0 Å². The monoisotopic (exact) mass is 317 g/mol. The molecular formula is C15H19N5O3. The molecule has 2 amide bonds. The predicted octanol–water partition coefficient (Wildman–Crippen LogP) is 0.291. The van der Waals surface area contributed by atoms with Crippen LogP contribution in [0.4, 0.5) is 0 Å². The SMILES string of the molecule is CCOc1cc(C(=O)N[C@@H](Cc2ccccn2)C(=O)NC)[nH]n1. The zero-order chi connectivity index (χ0) is 16.7. The largest absolute Gasteiger partial charge is 0.477 e. The van der Waals surface area contributed by atoms with Crippen LogP contribution in [0.15, 0.2) is 30.5 Å². The number of hydrogen-bond acceptors (Lipinski definition) is 5. The van der Waals surface area contributed by atoms with Crippen LogP contribution in [0, 0.1) is 0 Å². The third-order valence-corrected chi connectivity index (χ3v) is 3.10. The third-order valence-electron chi connectivity index (χ3n) is 3.10. The van der Waals surface area contributed by atoms with Gasteiger partial charge in [-0.3, -0.25) is 19.7 Å². The minimum Gasteiger partial charge on any atom is -0.477 e. The fraction of sp³-hybridized carbons (Fsp3) is 0.333. The lowest BCUT2D eigenvalue weighted by Gasteiger charge is -2.16. The number of nitrogens with zero attached hydrogens (tertiary/aromatic N) is 2. The van der Waals surface area contributed by atoms with Crippen LogP contribution in [0.5, 0.6) is 5.88 Å². The van der Waals surface area contributed by atoms with Gasteiger partial charge >= 0.3 is 0 Å². The van der Waals surface area contributed by atoms with Gasteiger partial charge in [0.25, 0.3) is 5.91 Å². The van der Waals surface area contributed by atoms with Crippen molar-refractivity contribution in [2.24, 2.45) is 0 Å². The Morgan fingerprint density at radius 2 is 2.22 bits per heavy atom. The topological polar surface area (TPSA) is 109 Å². The first-order valence-electron chi connectivity index (χ1n) is 7.24. The summed E-state index contributed by atoms with van der Waals surface area (Å²) in [4.78, 5) is 28.4. The van der Waals surface area contributed by atoms with Gasteiger partial charge in [-0.05, 0) is 19.1 Å². The third kappa shape index (κ3) is 4.53. The number of likely N-dealkylation sites (N-methyl/N-ethyl adjacent to an activating group) is 1. The zero-order valence-electron chi connectivity index (χ0n) is 13.0. The van der Waals surface area contributed by atoms with Crippen LogP contribution in [0.1, 0.15) is 23.1 Å². The molecule has 2 aromatic heterocycles. The molecule has 0 bridgehead atoms. The smallest absolute Gasteiger partial charge is 0.270 e. The van der Waals surface area contributed by atoms with E-state index >= 15 is 0 Å². The van der Waals surface area contributed by atoms with Gasteiger partial charge in [0, 0.05) is 31.4 Å². The molecule has 1 atom stereocenters. The molecule has 8 nitrogen and oxygen atoms in total. The summed E-state index contributed by atoms with van der Waals surface area (Å²) < 4.78 is 5.19. The van der Waals surface area contributed by atoms with Gasteiger partial charge in [0.1, 0.15) is 11.7 Å². The first kappa shape index (κ1) is 16.5. The van der Waals surface area contributed by atoms with Gasteiger partial charge in [-0.2, -0.15) is 0 Å². The molecule has 2 heterocycles. The lowest BCUT2D eigenvalue weighted by molar-refractivity contribution is -0.122. The summed E-state index contributed by atoms with van der Waals surface area (Å²) in [6.45, 7) is 2.27. The molecular weight excluding hydrogens is 298 g/mol. The van der Waals surface area contributed by atoms with E-state index in [4.69, 9.17) is 4.74 Å². The van der Waals surface area contributed by atoms with Crippen molar-refractivity contribution in [3.05, 3.63) is 41.9 Å². The summed E-state index contributed by atoms with van der Waals surface area (Å²) in [5.41, 5.74) is 0.935. The molecule has 0 aliphatic rings. The summed E-state index contributed by atoms with van der Waals surface area (Å²) in [6, 6.07) is 6.16. The highest BCUT2D eigenvalue weighted by Crippen LogP contribution is 2.08. The molecule has 0 spiro atoms. The predicted molar refractivity (Wildman–Crippen MR) is 83.0 cm³/mol. The van der Waals surface area contributed by atoms with Gasteiger partial charge in [0.2, 0.25) is 11.8 Å². The van der Waals surface area contributed by atoms with Crippen molar-refractivity contribution in [2.75, 3.05) is 13.7 Å². The quantitative estimate of drug-likeness (QED) is 0.680. The molecule has 0 fully saturated rings. The fourth-order valence-electron chi connectivity index (χ4n) is 1.99. The molecule has 8 heteroatoms. The van der Waals surface area contributed by atoms with E-state index in [0.717, 1.165) is 0 Å². The van der Waals surface area contributed by atoms with E-state index < -0.39 is 11.9 Å². The van der Waals surface area contributed by atoms with Gasteiger partial charge in [-0.15, -0.1) is 5.10 Å². The number of amides is 2. The number of aromatic nitrogens is 3. The van der Waals surface area contributed by atoms with E-state index in [1.807, 2.05) is 13.0 Å². The summed E-state index contributed by atoms with van der Waals surface area (Å²) in [7, 11) is 1.52. The Hall–Kier alpha value is -2.90. The number of pyridine rings is 1. The Labute approximate surface area is 133 Å². The summed E-state index contributed by atoms with van der Waals surface area (Å²) in [6.07, 6.45) is 1.93.